The summed E-state index contributed by atoms with van der Waals surface area (Å²) in [5.41, 5.74) is -3.84. The summed E-state index contributed by atoms with van der Waals surface area (Å²) in [6.45, 7) is 5.95. The number of alkyl halides is 1. The summed E-state index contributed by atoms with van der Waals surface area (Å²) in [5, 5.41) is 9.08. The van der Waals surface area contributed by atoms with Crippen molar-refractivity contribution < 1.29 is 28.6 Å². The van der Waals surface area contributed by atoms with E-state index in [1.807, 2.05) is 0 Å². The van der Waals surface area contributed by atoms with E-state index < -0.39 is 28.7 Å². The predicted molar refractivity (Wildman–Crippen MR) is 82.1 cm³/mol. The van der Waals surface area contributed by atoms with Crippen LogP contribution in [-0.4, -0.2) is 84.2 Å². The molecule has 1 spiro atoms. The normalized spacial score (nSPS) is 29.4. The van der Waals surface area contributed by atoms with Gasteiger partial charge in [0, 0.05) is 32.2 Å². The van der Waals surface area contributed by atoms with Gasteiger partial charge in [-0.2, -0.15) is 0 Å². The molecule has 0 aromatic carbocycles. The lowest BCUT2D eigenvalue weighted by Gasteiger charge is -2.48. The molecule has 8 heteroatoms. The molecular formula is C16H25FN2O5. The van der Waals surface area contributed by atoms with Crippen LogP contribution >= 0.6 is 0 Å². The Morgan fingerprint density at radius 2 is 1.88 bits per heavy atom. The maximum Gasteiger partial charge on any atom is 0.410 e. The lowest BCUT2D eigenvalue weighted by Crippen LogP contribution is -2.67. The molecule has 3 heterocycles. The van der Waals surface area contributed by atoms with Crippen LogP contribution in [0, 0.1) is 11.3 Å². The number of carbonyl (C=O) groups excluding carboxylic acids is 2. The van der Waals surface area contributed by atoms with E-state index in [0.29, 0.717) is 13.1 Å². The Bertz CT molecular complexity index is 539. The molecule has 0 bridgehead atoms. The second-order valence-corrected chi connectivity index (χ2v) is 8.17. The van der Waals surface area contributed by atoms with Crippen LogP contribution in [0.3, 0.4) is 0 Å². The third-order valence-corrected chi connectivity index (χ3v) is 4.99. The summed E-state index contributed by atoms with van der Waals surface area (Å²) < 4.78 is 26.3. The Balaban J connectivity index is 1.74. The maximum absolute atomic E-state index is 15.8. The van der Waals surface area contributed by atoms with Crippen LogP contribution in [-0.2, 0) is 14.3 Å². The summed E-state index contributed by atoms with van der Waals surface area (Å²) in [6, 6.07) is 0. The van der Waals surface area contributed by atoms with Crippen LogP contribution in [0.15, 0.2) is 0 Å². The van der Waals surface area contributed by atoms with Crippen molar-refractivity contribution in [1.29, 1.82) is 0 Å². The van der Waals surface area contributed by atoms with Gasteiger partial charge in [-0.1, -0.05) is 0 Å². The SMILES string of the molecule is CC(C)(C)OC(=O)N1CC2(COC2)[C@](F)(C(=O)N2CC(CO)C2)C1. The minimum Gasteiger partial charge on any atom is -0.444 e. The molecule has 1 N–H and O–H groups in total. The van der Waals surface area contributed by atoms with Gasteiger partial charge in [-0.05, 0) is 20.8 Å². The number of hydrogen-bond acceptors (Lipinski definition) is 5. The summed E-state index contributed by atoms with van der Waals surface area (Å²) in [6.07, 6.45) is -0.613. The second kappa shape index (κ2) is 5.56. The average molecular weight is 344 g/mol. The van der Waals surface area contributed by atoms with Crippen LogP contribution in [0.1, 0.15) is 20.8 Å². The average Bonchev–Trinajstić information content (AvgIpc) is 2.70. The molecule has 0 aromatic rings. The number of rotatable bonds is 2. The highest BCUT2D eigenvalue weighted by Gasteiger charge is 2.69. The topological polar surface area (TPSA) is 79.3 Å². The van der Waals surface area contributed by atoms with E-state index in [0.717, 1.165) is 0 Å². The molecule has 136 valence electrons. The summed E-state index contributed by atoms with van der Waals surface area (Å²) in [4.78, 5) is 27.7. The van der Waals surface area contributed by atoms with E-state index in [9.17, 15) is 9.59 Å². The van der Waals surface area contributed by atoms with Crippen molar-refractivity contribution in [2.24, 2.45) is 11.3 Å². The molecule has 3 fully saturated rings. The minimum absolute atomic E-state index is 0.00880. The lowest BCUT2D eigenvalue weighted by molar-refractivity contribution is -0.192. The van der Waals surface area contributed by atoms with Crippen LogP contribution in [0.4, 0.5) is 9.18 Å². The van der Waals surface area contributed by atoms with E-state index >= 15 is 4.39 Å². The second-order valence-electron chi connectivity index (χ2n) is 8.17. The van der Waals surface area contributed by atoms with E-state index in [1.54, 1.807) is 20.8 Å². The first kappa shape index (κ1) is 17.4. The number of amides is 2. The Morgan fingerprint density at radius 1 is 1.25 bits per heavy atom. The fourth-order valence-electron chi connectivity index (χ4n) is 3.50. The largest absolute Gasteiger partial charge is 0.444 e. The smallest absolute Gasteiger partial charge is 0.410 e. The Hall–Kier alpha value is -1.41. The molecule has 7 nitrogen and oxygen atoms in total. The van der Waals surface area contributed by atoms with Crippen molar-refractivity contribution in [3.8, 4) is 0 Å². The van der Waals surface area contributed by atoms with Gasteiger partial charge in [0.1, 0.15) is 5.60 Å². The first-order valence-corrected chi connectivity index (χ1v) is 8.25. The van der Waals surface area contributed by atoms with E-state index in [2.05, 4.69) is 0 Å². The molecular weight excluding hydrogens is 319 g/mol. The molecule has 0 unspecified atom stereocenters. The van der Waals surface area contributed by atoms with Gasteiger partial charge >= 0.3 is 6.09 Å². The molecule has 3 aliphatic rings. The molecule has 24 heavy (non-hydrogen) atoms. The Kier molecular flexibility index (Phi) is 4.03. The Morgan fingerprint density at radius 3 is 2.33 bits per heavy atom. The van der Waals surface area contributed by atoms with Gasteiger partial charge in [0.05, 0.1) is 25.2 Å². The highest BCUT2D eigenvalue weighted by molar-refractivity contribution is 5.89. The molecule has 2 amide bonds. The molecule has 0 aliphatic carbocycles. The maximum atomic E-state index is 15.8. The van der Waals surface area contributed by atoms with Crippen molar-refractivity contribution in [1.82, 2.24) is 9.80 Å². The van der Waals surface area contributed by atoms with Gasteiger partial charge in [0.2, 0.25) is 5.67 Å². The molecule has 0 saturated carbocycles. The zero-order valence-electron chi connectivity index (χ0n) is 14.4. The minimum atomic E-state index is -2.16. The predicted octanol–water partition coefficient (Wildman–Crippen LogP) is 0.413. The number of likely N-dealkylation sites (tertiary alicyclic amines) is 2. The van der Waals surface area contributed by atoms with Crippen LogP contribution in [0.5, 0.6) is 0 Å². The molecule has 0 aromatic heterocycles. The van der Waals surface area contributed by atoms with Gasteiger partial charge in [-0.25, -0.2) is 9.18 Å². The van der Waals surface area contributed by atoms with Crippen molar-refractivity contribution in [3.63, 3.8) is 0 Å². The van der Waals surface area contributed by atoms with Crippen LogP contribution < -0.4 is 0 Å². The zero-order chi connectivity index (χ0) is 17.8. The third kappa shape index (κ3) is 2.65. The standard InChI is InChI=1S/C16H25FN2O5/c1-14(2,3)24-13(22)19-7-15(9-23-10-15)16(17,8-19)12(21)18-4-11(5-18)6-20/h11,20H,4-10H2,1-3H3/t16-/m1/s1. The van der Waals surface area contributed by atoms with Gasteiger partial charge in [-0.15, -0.1) is 0 Å². The van der Waals surface area contributed by atoms with Crippen LogP contribution in [0.2, 0.25) is 0 Å². The number of hydrogen-bond donors (Lipinski definition) is 1. The van der Waals surface area contributed by atoms with E-state index in [4.69, 9.17) is 14.6 Å². The molecule has 0 radical (unpaired) electrons. The quantitative estimate of drug-likeness (QED) is 0.785. The van der Waals surface area contributed by atoms with Gasteiger partial charge in [0.25, 0.3) is 5.91 Å². The van der Waals surface area contributed by atoms with Gasteiger partial charge in [-0.3, -0.25) is 4.79 Å². The number of nitrogens with zero attached hydrogens (tertiary/aromatic N) is 2. The number of ether oxygens (including phenoxy) is 2. The lowest BCUT2D eigenvalue weighted by atomic mass is 9.72. The van der Waals surface area contributed by atoms with Crippen LogP contribution in [0.25, 0.3) is 0 Å². The van der Waals surface area contributed by atoms with Gasteiger partial charge < -0.3 is 24.4 Å². The fraction of sp³-hybridized carbons (Fsp3) is 0.875. The number of carbonyl (C=O) groups is 2. The van der Waals surface area contributed by atoms with E-state index in [-0.39, 0.29) is 38.8 Å². The highest BCUT2D eigenvalue weighted by atomic mass is 19.1. The summed E-state index contributed by atoms with van der Waals surface area (Å²) in [5.74, 6) is -0.601. The molecule has 1 atom stereocenters. The highest BCUT2D eigenvalue weighted by Crippen LogP contribution is 2.49. The number of aliphatic hydroxyl groups excluding tert-OH is 1. The first-order valence-electron chi connectivity index (χ1n) is 8.25. The molecule has 3 aliphatic heterocycles. The fourth-order valence-corrected chi connectivity index (χ4v) is 3.50. The summed E-state index contributed by atoms with van der Waals surface area (Å²) >= 11 is 0. The summed E-state index contributed by atoms with van der Waals surface area (Å²) in [7, 11) is 0. The van der Waals surface area contributed by atoms with Crippen molar-refractivity contribution in [2.75, 3.05) is 46.0 Å². The van der Waals surface area contributed by atoms with Crippen molar-refractivity contribution >= 4 is 12.0 Å². The first-order chi connectivity index (χ1) is 11.1. The molecule has 3 saturated heterocycles. The number of aliphatic hydroxyl groups is 1. The zero-order valence-corrected chi connectivity index (χ0v) is 14.4. The monoisotopic (exact) mass is 344 g/mol. The van der Waals surface area contributed by atoms with E-state index in [1.165, 1.54) is 9.80 Å². The Labute approximate surface area is 140 Å². The third-order valence-electron chi connectivity index (χ3n) is 4.99. The van der Waals surface area contributed by atoms with Crippen molar-refractivity contribution in [2.45, 2.75) is 32.0 Å². The molecule has 3 rings (SSSR count). The van der Waals surface area contributed by atoms with Crippen molar-refractivity contribution in [3.05, 3.63) is 0 Å². The van der Waals surface area contributed by atoms with Gasteiger partial charge in [0.15, 0.2) is 0 Å². The number of halogens is 1.